The number of carbonyl (C=O) groups is 1. The van der Waals surface area contributed by atoms with Gasteiger partial charge in [0.1, 0.15) is 29.2 Å². The van der Waals surface area contributed by atoms with Gasteiger partial charge in [-0.3, -0.25) is 4.79 Å². The molecule has 0 aliphatic carbocycles. The Morgan fingerprint density at radius 3 is 2.56 bits per heavy atom. The van der Waals surface area contributed by atoms with Crippen LogP contribution in [0.1, 0.15) is 49.2 Å². The number of carbonyl (C=O) groups excluding carboxylic acids is 1. The van der Waals surface area contributed by atoms with Crippen molar-refractivity contribution in [2.45, 2.75) is 45.4 Å². The van der Waals surface area contributed by atoms with Crippen molar-refractivity contribution >= 4 is 28.7 Å². The number of hydrogen-bond donors (Lipinski definition) is 2. The van der Waals surface area contributed by atoms with Crippen LogP contribution >= 0.6 is 0 Å². The molecule has 3 aliphatic rings. The summed E-state index contributed by atoms with van der Waals surface area (Å²) in [5.41, 5.74) is 2.89. The largest absolute Gasteiger partial charge is 0.370 e. The molecular weight excluding hydrogens is 555 g/mol. The van der Waals surface area contributed by atoms with Gasteiger partial charge in [0, 0.05) is 60.6 Å². The van der Waals surface area contributed by atoms with Crippen LogP contribution in [0.25, 0.3) is 5.65 Å². The van der Waals surface area contributed by atoms with Crippen LogP contribution in [0.5, 0.6) is 0 Å². The molecule has 4 aromatic rings. The zero-order valence-corrected chi connectivity index (χ0v) is 24.3. The Balaban J connectivity index is 1.07. The van der Waals surface area contributed by atoms with Gasteiger partial charge < -0.3 is 20.4 Å². The second kappa shape index (κ2) is 9.97. The number of nitrogens with one attached hydrogen (secondary N) is 2. The molecule has 3 aliphatic heterocycles. The average molecular weight is 590 g/mol. The van der Waals surface area contributed by atoms with E-state index in [0.29, 0.717) is 23.0 Å². The van der Waals surface area contributed by atoms with E-state index in [-0.39, 0.29) is 41.1 Å². The minimum atomic E-state index is -1.24. The number of halogens is 3. The maximum atomic E-state index is 14.6. The third kappa shape index (κ3) is 4.79. The normalized spacial score (nSPS) is 23.0. The van der Waals surface area contributed by atoms with Crippen LogP contribution in [0.2, 0.25) is 0 Å². The van der Waals surface area contributed by atoms with Crippen molar-refractivity contribution in [1.29, 1.82) is 0 Å². The molecule has 1 unspecified atom stereocenters. The zero-order valence-electron chi connectivity index (χ0n) is 24.3. The Morgan fingerprint density at radius 2 is 1.86 bits per heavy atom. The summed E-state index contributed by atoms with van der Waals surface area (Å²) in [4.78, 5) is 21.9. The smallest absolute Gasteiger partial charge is 0.261 e. The molecule has 5 heterocycles. The molecule has 0 saturated carbocycles. The second-order valence-electron chi connectivity index (χ2n) is 13.2. The van der Waals surface area contributed by atoms with E-state index in [4.69, 9.17) is 0 Å². The molecule has 1 spiro atoms. The molecular formula is C32H34F3N7O. The van der Waals surface area contributed by atoms with Crippen LogP contribution in [0.15, 0.2) is 60.9 Å². The summed E-state index contributed by atoms with van der Waals surface area (Å²) in [7, 11) is 0. The maximum absolute atomic E-state index is 14.6. The first-order valence-corrected chi connectivity index (χ1v) is 14.6. The Morgan fingerprint density at radius 1 is 1.09 bits per heavy atom. The molecule has 2 aromatic carbocycles. The van der Waals surface area contributed by atoms with Gasteiger partial charge in [-0.15, -0.1) is 0 Å². The predicted molar refractivity (Wildman–Crippen MR) is 159 cm³/mol. The Kier molecular flexibility index (Phi) is 6.42. The minimum Gasteiger partial charge on any atom is -0.370 e. The monoisotopic (exact) mass is 589 g/mol. The SMILES string of the molecule is CC(C)(C)C1NCC12CN(c1ccc(NC(=O)c3cnn4ccc(N5C[C@@H](F)C[C@@H]5c5cc(F)ccc5F)nc34)cc1)C2. The number of fused-ring (bicyclic) bond motifs is 1. The third-order valence-corrected chi connectivity index (χ3v) is 9.10. The second-order valence-corrected chi connectivity index (χ2v) is 13.2. The molecule has 43 heavy (non-hydrogen) atoms. The topological polar surface area (TPSA) is 77.8 Å². The van der Waals surface area contributed by atoms with E-state index in [2.05, 4.69) is 46.4 Å². The van der Waals surface area contributed by atoms with Crippen molar-refractivity contribution in [3.05, 3.63) is 83.7 Å². The fourth-order valence-electron chi connectivity index (χ4n) is 7.14. The van der Waals surface area contributed by atoms with Crippen LogP contribution < -0.4 is 20.4 Å². The summed E-state index contributed by atoms with van der Waals surface area (Å²) >= 11 is 0. The van der Waals surface area contributed by atoms with E-state index >= 15 is 0 Å². The van der Waals surface area contributed by atoms with Crippen molar-refractivity contribution in [2.75, 3.05) is 41.3 Å². The molecule has 11 heteroatoms. The molecule has 3 saturated heterocycles. The summed E-state index contributed by atoms with van der Waals surface area (Å²) in [6.07, 6.45) is 1.81. The number of aromatic nitrogens is 3. The first kappa shape index (κ1) is 27.7. The van der Waals surface area contributed by atoms with E-state index in [1.165, 1.54) is 10.7 Å². The highest BCUT2D eigenvalue weighted by Crippen LogP contribution is 2.48. The fourth-order valence-corrected chi connectivity index (χ4v) is 7.14. The quantitative estimate of drug-likeness (QED) is 0.326. The average Bonchev–Trinajstić information content (AvgIpc) is 3.52. The lowest BCUT2D eigenvalue weighted by Crippen LogP contribution is -2.79. The maximum Gasteiger partial charge on any atom is 0.261 e. The van der Waals surface area contributed by atoms with E-state index < -0.39 is 23.8 Å². The Bertz CT molecular complexity index is 1690. The van der Waals surface area contributed by atoms with Gasteiger partial charge in [0.2, 0.25) is 0 Å². The van der Waals surface area contributed by atoms with Crippen LogP contribution in [0.4, 0.5) is 30.4 Å². The van der Waals surface area contributed by atoms with Gasteiger partial charge in [-0.1, -0.05) is 20.8 Å². The molecule has 0 radical (unpaired) electrons. The highest BCUT2D eigenvalue weighted by molar-refractivity contribution is 6.08. The number of benzene rings is 2. The van der Waals surface area contributed by atoms with Crippen LogP contribution in [0, 0.1) is 22.5 Å². The third-order valence-electron chi connectivity index (χ3n) is 9.10. The van der Waals surface area contributed by atoms with E-state index in [9.17, 15) is 18.0 Å². The first-order chi connectivity index (χ1) is 20.5. The number of anilines is 3. The number of nitrogens with zero attached hydrogens (tertiary/aromatic N) is 5. The summed E-state index contributed by atoms with van der Waals surface area (Å²) in [5.74, 6) is -1.24. The van der Waals surface area contributed by atoms with Gasteiger partial charge in [0.05, 0.1) is 18.8 Å². The summed E-state index contributed by atoms with van der Waals surface area (Å²) in [6, 6.07) is 12.4. The van der Waals surface area contributed by atoms with E-state index in [0.717, 1.165) is 43.5 Å². The molecule has 8 nitrogen and oxygen atoms in total. The van der Waals surface area contributed by atoms with Crippen molar-refractivity contribution < 1.29 is 18.0 Å². The lowest BCUT2D eigenvalue weighted by molar-refractivity contribution is -0.0170. The molecule has 3 fully saturated rings. The predicted octanol–water partition coefficient (Wildman–Crippen LogP) is 5.37. The minimum absolute atomic E-state index is 0.00229. The standard InChI is InChI=1S/C32H34F3N7O/c1-31(2,3)30-32(16-36-30)17-40(18-32)22-7-5-21(6-8-22)38-29(43)24-14-37-42-11-10-27(39-28(24)42)41-15-20(34)13-26(41)23-12-19(33)4-9-25(23)35/h4-12,14,20,26,30,36H,13,15-18H2,1-3H3,(H,38,43)/t20-,26+,30?/m0/s1. The van der Waals surface area contributed by atoms with Crippen molar-refractivity contribution in [2.24, 2.45) is 10.8 Å². The lowest BCUT2D eigenvalue weighted by Gasteiger charge is -2.65. The van der Waals surface area contributed by atoms with Gasteiger partial charge >= 0.3 is 0 Å². The summed E-state index contributed by atoms with van der Waals surface area (Å²) < 4.78 is 44.6. The highest BCUT2D eigenvalue weighted by Gasteiger charge is 2.58. The van der Waals surface area contributed by atoms with Gasteiger partial charge in [-0.2, -0.15) is 5.10 Å². The Hall–Kier alpha value is -4.12. The van der Waals surface area contributed by atoms with Crippen LogP contribution in [0.3, 0.4) is 0 Å². The van der Waals surface area contributed by atoms with Crippen molar-refractivity contribution in [1.82, 2.24) is 19.9 Å². The molecule has 0 bridgehead atoms. The summed E-state index contributed by atoms with van der Waals surface area (Å²) in [5, 5.41) is 10.8. The number of alkyl halides is 1. The molecule has 7 rings (SSSR count). The Labute approximate surface area is 247 Å². The number of rotatable bonds is 5. The van der Waals surface area contributed by atoms with E-state index in [1.54, 1.807) is 17.2 Å². The lowest BCUT2D eigenvalue weighted by atomic mass is 9.59. The number of hydrogen-bond acceptors (Lipinski definition) is 6. The van der Waals surface area contributed by atoms with Gasteiger partial charge in [0.25, 0.3) is 5.91 Å². The van der Waals surface area contributed by atoms with Crippen LogP contribution in [-0.4, -0.2) is 58.9 Å². The van der Waals surface area contributed by atoms with Gasteiger partial charge in [-0.25, -0.2) is 22.7 Å². The summed E-state index contributed by atoms with van der Waals surface area (Å²) in [6.45, 7) is 9.88. The molecule has 3 atom stereocenters. The molecule has 224 valence electrons. The molecule has 2 N–H and O–H groups in total. The number of amides is 1. The molecule has 2 aromatic heterocycles. The van der Waals surface area contributed by atoms with E-state index in [1.807, 2.05) is 24.3 Å². The zero-order chi connectivity index (χ0) is 30.1. The van der Waals surface area contributed by atoms with Gasteiger partial charge in [0.15, 0.2) is 5.65 Å². The molecule has 1 amide bonds. The van der Waals surface area contributed by atoms with Gasteiger partial charge in [-0.05, 0) is 53.9 Å². The van der Waals surface area contributed by atoms with Crippen molar-refractivity contribution in [3.63, 3.8) is 0 Å². The first-order valence-electron chi connectivity index (χ1n) is 14.6. The highest BCUT2D eigenvalue weighted by atomic mass is 19.1. The fraction of sp³-hybridized carbons (Fsp3) is 0.406. The van der Waals surface area contributed by atoms with Crippen LogP contribution in [-0.2, 0) is 0 Å². The van der Waals surface area contributed by atoms with Crippen molar-refractivity contribution in [3.8, 4) is 0 Å².